The van der Waals surface area contributed by atoms with Gasteiger partial charge in [0.1, 0.15) is 23.5 Å². The first-order chi connectivity index (χ1) is 19.0. The van der Waals surface area contributed by atoms with E-state index in [1.807, 2.05) is 45.0 Å². The van der Waals surface area contributed by atoms with Crippen molar-refractivity contribution in [2.45, 2.75) is 90.0 Å². The minimum Gasteiger partial charge on any atom is -0.476 e. The highest BCUT2D eigenvalue weighted by atomic mass is 32.1. The summed E-state index contributed by atoms with van der Waals surface area (Å²) < 4.78 is 11.6. The van der Waals surface area contributed by atoms with Crippen LogP contribution in [-0.4, -0.2) is 34.8 Å². The van der Waals surface area contributed by atoms with Crippen LogP contribution in [0.5, 0.6) is 5.75 Å². The third-order valence-electron chi connectivity index (χ3n) is 6.90. The van der Waals surface area contributed by atoms with Crippen molar-refractivity contribution < 1.29 is 19.1 Å². The van der Waals surface area contributed by atoms with Crippen LogP contribution in [-0.2, 0) is 27.3 Å². The lowest BCUT2D eigenvalue weighted by Gasteiger charge is -2.29. The predicted octanol–water partition coefficient (Wildman–Crippen LogP) is 7.16. The van der Waals surface area contributed by atoms with Gasteiger partial charge in [-0.15, -0.1) is 0 Å². The van der Waals surface area contributed by atoms with E-state index in [4.69, 9.17) is 14.5 Å². The predicted molar refractivity (Wildman–Crippen MR) is 162 cm³/mol. The molecule has 212 valence electrons. The molecule has 1 aliphatic rings. The lowest BCUT2D eigenvalue weighted by molar-refractivity contribution is -0.170. The minimum absolute atomic E-state index is 0.407. The molecular formula is C33H40N2O4S. The molecule has 0 atom stereocenters. The first kappa shape index (κ1) is 29.5. The highest BCUT2D eigenvalue weighted by Crippen LogP contribution is 2.29. The summed E-state index contributed by atoms with van der Waals surface area (Å²) in [5.41, 5.74) is 2.10. The number of rotatable bonds is 10. The molecule has 0 aliphatic heterocycles. The Labute approximate surface area is 241 Å². The summed E-state index contributed by atoms with van der Waals surface area (Å²) in [5.74, 6) is 1.05. The number of amidine groups is 1. The molecule has 1 heterocycles. The van der Waals surface area contributed by atoms with E-state index in [0.29, 0.717) is 18.7 Å². The normalized spacial score (nSPS) is 15.5. The van der Waals surface area contributed by atoms with Gasteiger partial charge in [-0.05, 0) is 98.7 Å². The summed E-state index contributed by atoms with van der Waals surface area (Å²) >= 11 is 1.67. The third-order valence-corrected chi connectivity index (χ3v) is 7.64. The van der Waals surface area contributed by atoms with Crippen molar-refractivity contribution in [1.82, 2.24) is 5.32 Å². The fraction of sp³-hybridized carbons (Fsp3) is 0.424. The standard InChI is InChI=1S/C33H40N2O4S/c1-31(2,3)39-30(37)32(4,5)38-28-10-8-9-27(20-28)26-13-11-24(12-14-26)21-34-29(19-25-15-18-40-22-25)35-33(23-36)16-6-7-17-33/h8-15,18,20,22-23H,6-7,16-17,19,21H2,1-5H3,(H,34,35). The number of aliphatic imine (C=N–C) groups is 1. The molecule has 1 fully saturated rings. The molecule has 40 heavy (non-hydrogen) atoms. The topological polar surface area (TPSA) is 77.0 Å². The van der Waals surface area contributed by atoms with Gasteiger partial charge in [-0.2, -0.15) is 11.3 Å². The Bertz CT molecular complexity index is 1320. The van der Waals surface area contributed by atoms with Gasteiger partial charge < -0.3 is 19.6 Å². The molecule has 0 radical (unpaired) electrons. The van der Waals surface area contributed by atoms with Crippen LogP contribution in [0.15, 0.2) is 70.3 Å². The molecule has 1 N–H and O–H groups in total. The Morgan fingerprint density at radius 2 is 1.73 bits per heavy atom. The number of aldehydes is 1. The Kier molecular flexibility index (Phi) is 9.14. The fourth-order valence-electron chi connectivity index (χ4n) is 4.76. The van der Waals surface area contributed by atoms with E-state index >= 15 is 0 Å². The second kappa shape index (κ2) is 12.4. The van der Waals surface area contributed by atoms with Crippen LogP contribution in [0.1, 0.15) is 71.4 Å². The van der Waals surface area contributed by atoms with E-state index in [-0.39, 0.29) is 0 Å². The molecule has 3 aromatic rings. The Balaban J connectivity index is 1.46. The van der Waals surface area contributed by atoms with Crippen molar-refractivity contribution in [1.29, 1.82) is 0 Å². The second-order valence-electron chi connectivity index (χ2n) is 12.0. The van der Waals surface area contributed by atoms with Crippen LogP contribution in [0, 0.1) is 0 Å². The number of benzene rings is 2. The number of thiophene rings is 1. The molecule has 0 bridgehead atoms. The molecule has 4 rings (SSSR count). The summed E-state index contributed by atoms with van der Waals surface area (Å²) in [6.07, 6.45) is 5.58. The second-order valence-corrected chi connectivity index (χ2v) is 12.8. The van der Waals surface area contributed by atoms with E-state index in [1.165, 1.54) is 5.56 Å². The van der Waals surface area contributed by atoms with Crippen molar-refractivity contribution in [3.8, 4) is 16.9 Å². The summed E-state index contributed by atoms with van der Waals surface area (Å²) in [5, 5.41) is 7.70. The number of nitrogens with zero attached hydrogens (tertiary/aromatic N) is 1. The zero-order chi connectivity index (χ0) is 28.8. The zero-order valence-electron chi connectivity index (χ0n) is 24.2. The zero-order valence-corrected chi connectivity index (χ0v) is 25.0. The number of hydrogen-bond acceptors (Lipinski definition) is 6. The van der Waals surface area contributed by atoms with Crippen LogP contribution in [0.2, 0.25) is 0 Å². The van der Waals surface area contributed by atoms with Gasteiger partial charge in [0.15, 0.2) is 5.60 Å². The smallest absolute Gasteiger partial charge is 0.350 e. The molecule has 0 amide bonds. The minimum atomic E-state index is -1.12. The van der Waals surface area contributed by atoms with E-state index in [1.54, 1.807) is 25.2 Å². The van der Waals surface area contributed by atoms with Gasteiger partial charge >= 0.3 is 5.97 Å². The first-order valence-corrected chi connectivity index (χ1v) is 14.8. The Morgan fingerprint density at radius 3 is 2.35 bits per heavy atom. The average Bonchev–Trinajstić information content (AvgIpc) is 3.59. The molecule has 0 unspecified atom stereocenters. The van der Waals surface area contributed by atoms with Gasteiger partial charge in [-0.1, -0.05) is 49.2 Å². The number of hydrogen-bond donors (Lipinski definition) is 1. The molecule has 2 aromatic carbocycles. The lowest BCUT2D eigenvalue weighted by Crippen LogP contribution is -2.48. The van der Waals surface area contributed by atoms with Crippen LogP contribution in [0.4, 0.5) is 0 Å². The van der Waals surface area contributed by atoms with Crippen molar-refractivity contribution >= 4 is 29.4 Å². The van der Waals surface area contributed by atoms with Gasteiger partial charge in [-0.3, -0.25) is 4.99 Å². The van der Waals surface area contributed by atoms with E-state index in [0.717, 1.165) is 54.5 Å². The van der Waals surface area contributed by atoms with Crippen molar-refractivity contribution in [2.75, 3.05) is 0 Å². The molecule has 0 saturated heterocycles. The highest BCUT2D eigenvalue weighted by Gasteiger charge is 2.35. The van der Waals surface area contributed by atoms with Crippen molar-refractivity contribution in [3.05, 3.63) is 76.5 Å². The maximum Gasteiger partial charge on any atom is 0.350 e. The number of carbonyl (C=O) groups excluding carboxylic acids is 2. The number of carbonyl (C=O) groups is 2. The maximum absolute atomic E-state index is 12.6. The van der Waals surface area contributed by atoms with Crippen molar-refractivity contribution in [3.63, 3.8) is 0 Å². The highest BCUT2D eigenvalue weighted by molar-refractivity contribution is 7.08. The van der Waals surface area contributed by atoms with Crippen LogP contribution in [0.3, 0.4) is 0 Å². The molecule has 7 heteroatoms. The van der Waals surface area contributed by atoms with Gasteiger partial charge in [0.05, 0.1) is 12.1 Å². The maximum atomic E-state index is 12.6. The van der Waals surface area contributed by atoms with Gasteiger partial charge in [0, 0.05) is 6.42 Å². The summed E-state index contributed by atoms with van der Waals surface area (Å²) in [7, 11) is 0. The quantitative estimate of drug-likeness (QED) is 0.123. The number of esters is 1. The molecule has 1 aliphatic carbocycles. The largest absolute Gasteiger partial charge is 0.476 e. The van der Waals surface area contributed by atoms with E-state index in [9.17, 15) is 9.59 Å². The average molecular weight is 561 g/mol. The fourth-order valence-corrected chi connectivity index (χ4v) is 5.43. The number of nitrogens with one attached hydrogen (secondary N) is 1. The summed E-state index contributed by atoms with van der Waals surface area (Å²) in [6, 6.07) is 18.1. The third kappa shape index (κ3) is 8.04. The molecule has 1 aromatic heterocycles. The van der Waals surface area contributed by atoms with Gasteiger partial charge in [-0.25, -0.2) is 4.79 Å². The summed E-state index contributed by atoms with van der Waals surface area (Å²) in [4.78, 5) is 29.5. The van der Waals surface area contributed by atoms with Gasteiger partial charge in [0.25, 0.3) is 0 Å². The van der Waals surface area contributed by atoms with Gasteiger partial charge in [0.2, 0.25) is 0 Å². The lowest BCUT2D eigenvalue weighted by atomic mass is 9.99. The van der Waals surface area contributed by atoms with E-state index < -0.39 is 22.7 Å². The molecular weight excluding hydrogens is 520 g/mol. The Morgan fingerprint density at radius 1 is 1.00 bits per heavy atom. The van der Waals surface area contributed by atoms with Crippen molar-refractivity contribution in [2.24, 2.45) is 4.99 Å². The molecule has 1 saturated carbocycles. The van der Waals surface area contributed by atoms with Crippen LogP contribution < -0.4 is 10.1 Å². The monoisotopic (exact) mass is 560 g/mol. The van der Waals surface area contributed by atoms with Crippen LogP contribution in [0.25, 0.3) is 11.1 Å². The summed E-state index contributed by atoms with van der Waals surface area (Å²) in [6.45, 7) is 9.48. The Hall–Kier alpha value is -3.45. The molecule has 6 nitrogen and oxygen atoms in total. The SMILES string of the molecule is CC(C)(C)OC(=O)C(C)(C)Oc1cccc(-c2ccc(CN=C(Cc3ccsc3)NC3(C=O)CCCC3)cc2)c1. The molecule has 0 spiro atoms. The number of ether oxygens (including phenoxy) is 2. The first-order valence-electron chi connectivity index (χ1n) is 13.9. The van der Waals surface area contributed by atoms with E-state index in [2.05, 4.69) is 46.4 Å². The van der Waals surface area contributed by atoms with Crippen LogP contribution >= 0.6 is 11.3 Å².